The number of nitrogens with one attached hydrogen (secondary N) is 2. The normalized spacial score (nSPS) is 26.1. The molecule has 0 spiro atoms. The largest absolute Gasteiger partial charge is 0.342 e. The highest BCUT2D eigenvalue weighted by Gasteiger charge is 2.37. The van der Waals surface area contributed by atoms with Crippen LogP contribution >= 0.6 is 0 Å². The van der Waals surface area contributed by atoms with E-state index in [-0.39, 0.29) is 0 Å². The standard InChI is InChI=1S/C16H26N4O/c1-3-12-10-20(16(21)13-4-5-13)7-6-15(12)17-8-14-9-18-19-11(14)2/h9,12-13,15,17H,3-8,10H2,1-2H3,(H,18,19)/t12-,15-/m0/s1. The van der Waals surface area contributed by atoms with Gasteiger partial charge in [-0.3, -0.25) is 9.89 Å². The van der Waals surface area contributed by atoms with E-state index in [1.54, 1.807) is 0 Å². The Morgan fingerprint density at radius 1 is 1.48 bits per heavy atom. The minimum atomic E-state index is 0.348. The van der Waals surface area contributed by atoms with E-state index < -0.39 is 0 Å². The van der Waals surface area contributed by atoms with Crippen molar-refractivity contribution in [3.63, 3.8) is 0 Å². The lowest BCUT2D eigenvalue weighted by Crippen LogP contribution is -2.51. The number of rotatable bonds is 5. The number of H-pyrrole nitrogens is 1. The van der Waals surface area contributed by atoms with E-state index in [0.717, 1.165) is 51.0 Å². The van der Waals surface area contributed by atoms with Crippen molar-refractivity contribution < 1.29 is 4.79 Å². The molecule has 1 aliphatic heterocycles. The lowest BCUT2D eigenvalue weighted by Gasteiger charge is -2.39. The van der Waals surface area contributed by atoms with E-state index in [4.69, 9.17) is 0 Å². The lowest BCUT2D eigenvalue weighted by atomic mass is 9.89. The number of hydrogen-bond acceptors (Lipinski definition) is 3. The molecule has 1 aromatic heterocycles. The zero-order valence-electron chi connectivity index (χ0n) is 13.1. The Morgan fingerprint density at radius 3 is 2.90 bits per heavy atom. The second-order valence-corrected chi connectivity index (χ2v) is 6.52. The molecule has 1 saturated heterocycles. The molecule has 5 nitrogen and oxygen atoms in total. The molecule has 21 heavy (non-hydrogen) atoms. The highest BCUT2D eigenvalue weighted by Crippen LogP contribution is 2.33. The third-order valence-electron chi connectivity index (χ3n) is 4.99. The zero-order chi connectivity index (χ0) is 14.8. The van der Waals surface area contributed by atoms with Crippen LogP contribution in [-0.2, 0) is 11.3 Å². The number of nitrogens with zero attached hydrogens (tertiary/aromatic N) is 2. The summed E-state index contributed by atoms with van der Waals surface area (Å²) in [6, 6.07) is 0.507. The van der Waals surface area contributed by atoms with Gasteiger partial charge in [-0.15, -0.1) is 0 Å². The summed E-state index contributed by atoms with van der Waals surface area (Å²) in [6.45, 7) is 6.98. The highest BCUT2D eigenvalue weighted by atomic mass is 16.2. The van der Waals surface area contributed by atoms with Gasteiger partial charge in [-0.1, -0.05) is 13.3 Å². The monoisotopic (exact) mass is 290 g/mol. The highest BCUT2D eigenvalue weighted by molar-refractivity contribution is 5.81. The van der Waals surface area contributed by atoms with Crippen molar-refractivity contribution in [2.24, 2.45) is 11.8 Å². The van der Waals surface area contributed by atoms with Crippen molar-refractivity contribution in [3.05, 3.63) is 17.5 Å². The Kier molecular flexibility index (Phi) is 4.29. The lowest BCUT2D eigenvalue weighted by molar-refractivity contribution is -0.134. The summed E-state index contributed by atoms with van der Waals surface area (Å²) in [5.74, 6) is 1.31. The molecule has 1 amide bonds. The predicted molar refractivity (Wildman–Crippen MR) is 81.7 cm³/mol. The minimum absolute atomic E-state index is 0.348. The van der Waals surface area contributed by atoms with Crippen LogP contribution in [0.3, 0.4) is 0 Å². The molecule has 2 N–H and O–H groups in total. The quantitative estimate of drug-likeness (QED) is 0.870. The van der Waals surface area contributed by atoms with E-state index in [9.17, 15) is 4.79 Å². The zero-order valence-corrected chi connectivity index (χ0v) is 13.1. The van der Waals surface area contributed by atoms with E-state index >= 15 is 0 Å². The average molecular weight is 290 g/mol. The fourth-order valence-electron chi connectivity index (χ4n) is 3.30. The summed E-state index contributed by atoms with van der Waals surface area (Å²) in [6.07, 6.45) is 6.29. The number of piperidine rings is 1. The molecule has 0 aromatic carbocycles. The number of carbonyl (C=O) groups excluding carboxylic acids is 1. The number of aryl methyl sites for hydroxylation is 1. The van der Waals surface area contributed by atoms with Gasteiger partial charge in [0, 0.05) is 42.9 Å². The number of hydrogen-bond donors (Lipinski definition) is 2. The molecule has 1 aromatic rings. The summed E-state index contributed by atoms with van der Waals surface area (Å²) in [7, 11) is 0. The first-order chi connectivity index (χ1) is 10.2. The molecular weight excluding hydrogens is 264 g/mol. The molecule has 0 radical (unpaired) electrons. The molecule has 0 unspecified atom stereocenters. The number of likely N-dealkylation sites (tertiary alicyclic amines) is 1. The second-order valence-electron chi connectivity index (χ2n) is 6.52. The predicted octanol–water partition coefficient (Wildman–Crippen LogP) is 1.84. The van der Waals surface area contributed by atoms with E-state index in [0.29, 0.717) is 23.8 Å². The topological polar surface area (TPSA) is 61.0 Å². The minimum Gasteiger partial charge on any atom is -0.342 e. The maximum Gasteiger partial charge on any atom is 0.225 e. The molecule has 3 rings (SSSR count). The van der Waals surface area contributed by atoms with Gasteiger partial charge in [0.2, 0.25) is 5.91 Å². The molecule has 0 bridgehead atoms. The molecular formula is C16H26N4O. The van der Waals surface area contributed by atoms with Crippen LogP contribution in [0, 0.1) is 18.8 Å². The Labute approximate surface area is 126 Å². The molecule has 5 heteroatoms. The average Bonchev–Trinajstić information content (AvgIpc) is 3.27. The third-order valence-corrected chi connectivity index (χ3v) is 4.99. The molecule has 2 atom stereocenters. The number of aromatic nitrogens is 2. The van der Waals surface area contributed by atoms with Gasteiger partial charge < -0.3 is 10.2 Å². The van der Waals surface area contributed by atoms with Crippen LogP contribution in [0.2, 0.25) is 0 Å². The Balaban J connectivity index is 1.54. The van der Waals surface area contributed by atoms with E-state index in [1.807, 2.05) is 6.20 Å². The first kappa shape index (κ1) is 14.6. The summed E-state index contributed by atoms with van der Waals surface area (Å²) in [4.78, 5) is 14.3. The number of aromatic amines is 1. The number of amides is 1. The van der Waals surface area contributed by atoms with Crippen LogP contribution in [0.5, 0.6) is 0 Å². The van der Waals surface area contributed by atoms with Gasteiger partial charge in [-0.05, 0) is 32.1 Å². The summed E-state index contributed by atoms with van der Waals surface area (Å²) < 4.78 is 0. The molecule has 2 aliphatic rings. The van der Waals surface area contributed by atoms with Crippen molar-refractivity contribution in [2.75, 3.05) is 13.1 Å². The summed E-state index contributed by atoms with van der Waals surface area (Å²) in [5.41, 5.74) is 2.37. The Morgan fingerprint density at radius 2 is 2.29 bits per heavy atom. The van der Waals surface area contributed by atoms with Crippen molar-refractivity contribution in [1.29, 1.82) is 0 Å². The van der Waals surface area contributed by atoms with Crippen LogP contribution in [0.25, 0.3) is 0 Å². The van der Waals surface area contributed by atoms with Gasteiger partial charge in [0.05, 0.1) is 6.20 Å². The van der Waals surface area contributed by atoms with Crippen LogP contribution in [0.1, 0.15) is 43.9 Å². The molecule has 2 fully saturated rings. The van der Waals surface area contributed by atoms with Crippen molar-refractivity contribution in [3.8, 4) is 0 Å². The summed E-state index contributed by atoms with van der Waals surface area (Å²) >= 11 is 0. The van der Waals surface area contributed by atoms with Gasteiger partial charge in [-0.2, -0.15) is 5.10 Å². The second kappa shape index (κ2) is 6.18. The Hall–Kier alpha value is -1.36. The molecule has 2 heterocycles. The smallest absolute Gasteiger partial charge is 0.225 e. The van der Waals surface area contributed by atoms with Gasteiger partial charge >= 0.3 is 0 Å². The Bertz CT molecular complexity index is 494. The van der Waals surface area contributed by atoms with Gasteiger partial charge in [0.25, 0.3) is 0 Å². The van der Waals surface area contributed by atoms with E-state index in [1.165, 1.54) is 5.56 Å². The van der Waals surface area contributed by atoms with Crippen molar-refractivity contribution in [2.45, 2.75) is 52.1 Å². The van der Waals surface area contributed by atoms with Gasteiger partial charge in [0.1, 0.15) is 0 Å². The van der Waals surface area contributed by atoms with Crippen LogP contribution < -0.4 is 5.32 Å². The van der Waals surface area contributed by atoms with E-state index in [2.05, 4.69) is 34.3 Å². The third kappa shape index (κ3) is 3.28. The van der Waals surface area contributed by atoms with Crippen LogP contribution in [0.15, 0.2) is 6.20 Å². The SMILES string of the molecule is CC[C@H]1CN(C(=O)C2CC2)CC[C@@H]1NCc1cn[nH]c1C. The van der Waals surface area contributed by atoms with Crippen LogP contribution in [-0.4, -0.2) is 40.1 Å². The first-order valence-electron chi connectivity index (χ1n) is 8.20. The van der Waals surface area contributed by atoms with Crippen molar-refractivity contribution >= 4 is 5.91 Å². The van der Waals surface area contributed by atoms with Gasteiger partial charge in [0.15, 0.2) is 0 Å². The van der Waals surface area contributed by atoms with Gasteiger partial charge in [-0.25, -0.2) is 0 Å². The maximum atomic E-state index is 12.2. The van der Waals surface area contributed by atoms with Crippen LogP contribution in [0.4, 0.5) is 0 Å². The van der Waals surface area contributed by atoms with Crippen molar-refractivity contribution in [1.82, 2.24) is 20.4 Å². The fourth-order valence-corrected chi connectivity index (χ4v) is 3.30. The molecule has 116 valence electrons. The summed E-state index contributed by atoms with van der Waals surface area (Å²) in [5, 5.41) is 10.7. The molecule has 1 aliphatic carbocycles. The number of carbonyl (C=O) groups is 1. The fraction of sp³-hybridized carbons (Fsp3) is 0.750. The first-order valence-corrected chi connectivity index (χ1v) is 8.20. The molecule has 1 saturated carbocycles. The maximum absolute atomic E-state index is 12.2.